The maximum absolute atomic E-state index is 3.26. The topological polar surface area (TPSA) is 0 Å². The van der Waals surface area contributed by atoms with Crippen molar-refractivity contribution in [2.45, 2.75) is 19.8 Å². The number of rotatable bonds is 2. The van der Waals surface area contributed by atoms with Crippen molar-refractivity contribution < 1.29 is 58.9 Å². The molecular weight excluding hydrogens is 310 g/mol. The van der Waals surface area contributed by atoms with Crippen LogP contribution in [0.4, 0.5) is 0 Å². The predicted octanol–water partition coefficient (Wildman–Crippen LogP) is -5.76. The predicted molar refractivity (Wildman–Crippen MR) is 55.4 cm³/mol. The van der Waals surface area contributed by atoms with Crippen molar-refractivity contribution in [2.24, 2.45) is 0 Å². The van der Waals surface area contributed by atoms with Crippen molar-refractivity contribution in [3.63, 3.8) is 0 Å². The number of hydrogen-bond donors (Lipinski definition) is 0. The monoisotopic (exact) mass is 322 g/mol. The SMILES string of the molecule is Cc1cccc(CC2=[C-]C=CC2)c1.[Cl-].[Cl-].[Cl-].[Ti+4]. The van der Waals surface area contributed by atoms with Gasteiger partial charge in [-0.15, -0.1) is 0 Å². The summed E-state index contributed by atoms with van der Waals surface area (Å²) in [5.74, 6) is 0. The summed E-state index contributed by atoms with van der Waals surface area (Å²) < 4.78 is 0. The molecule has 0 unspecified atom stereocenters. The van der Waals surface area contributed by atoms with Crippen LogP contribution in [0.15, 0.2) is 42.0 Å². The Morgan fingerprint density at radius 3 is 2.41 bits per heavy atom. The second-order valence-corrected chi connectivity index (χ2v) is 3.52. The van der Waals surface area contributed by atoms with Crippen molar-refractivity contribution in [3.05, 3.63) is 59.2 Å². The van der Waals surface area contributed by atoms with Gasteiger partial charge < -0.3 is 37.2 Å². The molecule has 0 saturated heterocycles. The van der Waals surface area contributed by atoms with Crippen molar-refractivity contribution in [3.8, 4) is 0 Å². The van der Waals surface area contributed by atoms with Gasteiger partial charge in [0.25, 0.3) is 0 Å². The molecule has 0 nitrogen and oxygen atoms in total. The molecule has 0 saturated carbocycles. The molecule has 0 atom stereocenters. The number of aryl methyl sites for hydroxylation is 1. The van der Waals surface area contributed by atoms with E-state index < -0.39 is 0 Å². The van der Waals surface area contributed by atoms with Gasteiger partial charge in [-0.1, -0.05) is 36.2 Å². The van der Waals surface area contributed by atoms with Crippen molar-refractivity contribution in [1.29, 1.82) is 0 Å². The van der Waals surface area contributed by atoms with E-state index in [0.717, 1.165) is 12.8 Å². The summed E-state index contributed by atoms with van der Waals surface area (Å²) in [5.41, 5.74) is 4.13. The van der Waals surface area contributed by atoms with Gasteiger partial charge in [0.2, 0.25) is 0 Å². The third kappa shape index (κ3) is 7.33. The van der Waals surface area contributed by atoms with E-state index in [1.807, 2.05) is 6.08 Å². The van der Waals surface area contributed by atoms with Crippen LogP contribution >= 0.6 is 0 Å². The molecular formula is C13H13Cl3Ti. The van der Waals surface area contributed by atoms with E-state index in [4.69, 9.17) is 0 Å². The smallest absolute Gasteiger partial charge is 1.00 e. The Kier molecular flexibility index (Phi) is 15.0. The summed E-state index contributed by atoms with van der Waals surface area (Å²) in [6.45, 7) is 2.13. The molecule has 0 amide bonds. The molecule has 17 heavy (non-hydrogen) atoms. The number of benzene rings is 1. The second-order valence-electron chi connectivity index (χ2n) is 3.52. The largest absolute Gasteiger partial charge is 4.00 e. The zero-order valence-electron chi connectivity index (χ0n) is 9.51. The van der Waals surface area contributed by atoms with Gasteiger partial charge in [0, 0.05) is 0 Å². The van der Waals surface area contributed by atoms with E-state index in [-0.39, 0.29) is 58.9 Å². The van der Waals surface area contributed by atoms with E-state index >= 15 is 0 Å². The Morgan fingerprint density at radius 1 is 1.18 bits per heavy atom. The maximum atomic E-state index is 3.26. The fourth-order valence-corrected chi connectivity index (χ4v) is 1.63. The van der Waals surface area contributed by atoms with Crippen molar-refractivity contribution >= 4 is 0 Å². The van der Waals surface area contributed by atoms with Gasteiger partial charge in [-0.05, 0) is 18.9 Å². The number of halogens is 3. The van der Waals surface area contributed by atoms with Gasteiger partial charge in [0.15, 0.2) is 0 Å². The van der Waals surface area contributed by atoms with Crippen molar-refractivity contribution in [2.75, 3.05) is 0 Å². The van der Waals surface area contributed by atoms with Crippen LogP contribution in [0.3, 0.4) is 0 Å². The summed E-state index contributed by atoms with van der Waals surface area (Å²) in [6.07, 6.45) is 9.57. The second kappa shape index (κ2) is 11.4. The Balaban J connectivity index is -0.000000490. The first kappa shape index (κ1) is 22.5. The fraction of sp³-hybridized carbons (Fsp3) is 0.231. The summed E-state index contributed by atoms with van der Waals surface area (Å²) in [6, 6.07) is 8.68. The Hall–Kier alpha value is 0.284. The molecule has 1 aliphatic rings. The number of allylic oxidation sites excluding steroid dienone is 4. The van der Waals surface area contributed by atoms with Gasteiger partial charge in [-0.3, -0.25) is 6.08 Å². The van der Waals surface area contributed by atoms with Crippen LogP contribution in [0.2, 0.25) is 0 Å². The van der Waals surface area contributed by atoms with E-state index in [1.54, 1.807) is 0 Å². The zero-order valence-corrected chi connectivity index (χ0v) is 13.3. The molecule has 0 fully saturated rings. The first-order chi connectivity index (χ1) is 6.34. The molecule has 0 heterocycles. The average Bonchev–Trinajstić information content (AvgIpc) is 2.57. The third-order valence-corrected chi connectivity index (χ3v) is 2.27. The summed E-state index contributed by atoms with van der Waals surface area (Å²) in [5, 5.41) is 0. The molecule has 1 aromatic carbocycles. The Labute approximate surface area is 137 Å². The fourth-order valence-electron chi connectivity index (χ4n) is 1.63. The van der Waals surface area contributed by atoms with Gasteiger partial charge in [-0.25, -0.2) is 12.2 Å². The van der Waals surface area contributed by atoms with Crippen LogP contribution < -0.4 is 37.2 Å². The molecule has 90 valence electrons. The van der Waals surface area contributed by atoms with Crippen molar-refractivity contribution in [1.82, 2.24) is 0 Å². The third-order valence-electron chi connectivity index (χ3n) is 2.27. The van der Waals surface area contributed by atoms with E-state index in [2.05, 4.69) is 43.3 Å². The average molecular weight is 323 g/mol. The first-order valence-corrected chi connectivity index (χ1v) is 4.66. The van der Waals surface area contributed by atoms with Crippen LogP contribution in [-0.4, -0.2) is 0 Å². The Morgan fingerprint density at radius 2 is 1.88 bits per heavy atom. The maximum Gasteiger partial charge on any atom is 4.00 e. The van der Waals surface area contributed by atoms with Gasteiger partial charge in [-0.2, -0.15) is 5.57 Å². The van der Waals surface area contributed by atoms with Crippen LogP contribution in [0.5, 0.6) is 0 Å². The number of hydrogen-bond acceptors (Lipinski definition) is 0. The molecule has 2 rings (SSSR count). The molecule has 1 aliphatic carbocycles. The van der Waals surface area contributed by atoms with Crippen LogP contribution in [0.1, 0.15) is 17.5 Å². The van der Waals surface area contributed by atoms with E-state index in [1.165, 1.54) is 16.7 Å². The quantitative estimate of drug-likeness (QED) is 0.376. The molecule has 0 radical (unpaired) electrons. The van der Waals surface area contributed by atoms with Gasteiger partial charge >= 0.3 is 21.7 Å². The normalized spacial score (nSPS) is 11.2. The van der Waals surface area contributed by atoms with Crippen LogP contribution in [-0.2, 0) is 28.1 Å². The zero-order chi connectivity index (χ0) is 9.10. The molecule has 0 aliphatic heterocycles. The van der Waals surface area contributed by atoms with Crippen LogP contribution in [0.25, 0.3) is 0 Å². The van der Waals surface area contributed by atoms with E-state index in [9.17, 15) is 0 Å². The molecule has 0 aromatic heterocycles. The summed E-state index contributed by atoms with van der Waals surface area (Å²) >= 11 is 0. The summed E-state index contributed by atoms with van der Waals surface area (Å²) in [7, 11) is 0. The van der Waals surface area contributed by atoms with Gasteiger partial charge in [0.05, 0.1) is 0 Å². The van der Waals surface area contributed by atoms with Gasteiger partial charge in [0.1, 0.15) is 0 Å². The summed E-state index contributed by atoms with van der Waals surface area (Å²) in [4.78, 5) is 0. The minimum Gasteiger partial charge on any atom is -1.00 e. The molecule has 4 heteroatoms. The molecule has 0 N–H and O–H groups in total. The van der Waals surface area contributed by atoms with E-state index in [0.29, 0.717) is 0 Å². The van der Waals surface area contributed by atoms with Crippen LogP contribution in [0, 0.1) is 13.0 Å². The molecule has 1 aromatic rings. The first-order valence-electron chi connectivity index (χ1n) is 4.66. The standard InChI is InChI=1S/C13H13.3ClH.Ti/c1-11-5-4-8-13(9-11)10-12-6-2-3-7-12;;;;/h2-5,8-9H,6,10H2,1H3;3*1H;/q-1;;;;+4/p-3. The minimum absolute atomic E-state index is 0. The molecule has 0 bridgehead atoms. The minimum atomic E-state index is 0. The Bertz CT molecular complexity index is 373. The molecule has 0 spiro atoms.